The average molecular weight is 553 g/mol. The highest BCUT2D eigenvalue weighted by Crippen LogP contribution is 2.36. The minimum Gasteiger partial charge on any atom is -0.493 e. The van der Waals surface area contributed by atoms with E-state index in [-0.39, 0.29) is 17.5 Å². The number of nitrogens with zero attached hydrogens (tertiary/aromatic N) is 1. The molecule has 0 spiro atoms. The summed E-state index contributed by atoms with van der Waals surface area (Å²) in [6.45, 7) is 7.62. The summed E-state index contributed by atoms with van der Waals surface area (Å²) in [4.78, 5) is 28.9. The third kappa shape index (κ3) is 7.59. The number of pyridine rings is 1. The molecule has 1 aliphatic carbocycles. The highest BCUT2D eigenvalue weighted by molar-refractivity contribution is 6.35. The predicted octanol–water partition coefficient (Wildman–Crippen LogP) is 4.45. The lowest BCUT2D eigenvalue weighted by atomic mass is 9.99. The lowest BCUT2D eigenvalue weighted by molar-refractivity contribution is -0.139. The Labute approximate surface area is 233 Å². The fraction of sp³-hybridized carbons (Fsp3) is 0.433. The van der Waals surface area contributed by atoms with Crippen molar-refractivity contribution in [3.05, 3.63) is 60.4 Å². The van der Waals surface area contributed by atoms with E-state index in [1.807, 2.05) is 0 Å². The third-order valence-corrected chi connectivity index (χ3v) is 7.18. The standard InChI is InChI=1S/C30H37FN4O5/c1-4-21(34-29(36)30(37)35-22-7-5-6-8-22)15-24(31)19(2)40-26-11-14-33-25-17-28(27(38-3)16-23(25)26)39-18-20-9-12-32-13-10-20/h4,11,14-17,20,22,32H,1,5-10,12-13,18H2,2-3H3,(H,34,36)(H,35,37)/b21-15+,24-19-. The molecule has 1 saturated heterocycles. The maximum absolute atomic E-state index is 15.1. The van der Waals surface area contributed by atoms with Crippen LogP contribution in [-0.2, 0) is 9.59 Å². The number of nitrogens with one attached hydrogen (secondary N) is 3. The second-order valence-electron chi connectivity index (χ2n) is 10.1. The van der Waals surface area contributed by atoms with Gasteiger partial charge in [-0.3, -0.25) is 14.6 Å². The zero-order valence-corrected chi connectivity index (χ0v) is 23.1. The minimum absolute atomic E-state index is 0.00687. The first-order chi connectivity index (χ1) is 19.4. The van der Waals surface area contributed by atoms with E-state index in [9.17, 15) is 9.59 Å². The van der Waals surface area contributed by atoms with Crippen LogP contribution in [0.2, 0.25) is 0 Å². The number of ether oxygens (including phenoxy) is 3. The fourth-order valence-electron chi connectivity index (χ4n) is 4.85. The van der Waals surface area contributed by atoms with Crippen LogP contribution in [0.5, 0.6) is 17.2 Å². The van der Waals surface area contributed by atoms with Crippen LogP contribution in [-0.4, -0.2) is 49.6 Å². The molecule has 4 rings (SSSR count). The lowest BCUT2D eigenvalue weighted by Crippen LogP contribution is -2.43. The highest BCUT2D eigenvalue weighted by atomic mass is 19.1. The Balaban J connectivity index is 1.47. The first-order valence-corrected chi connectivity index (χ1v) is 13.7. The highest BCUT2D eigenvalue weighted by Gasteiger charge is 2.22. The Hall–Kier alpha value is -3.92. The van der Waals surface area contributed by atoms with E-state index >= 15 is 4.39 Å². The summed E-state index contributed by atoms with van der Waals surface area (Å²) in [6, 6.07) is 5.17. The van der Waals surface area contributed by atoms with Crippen molar-refractivity contribution in [1.82, 2.24) is 20.9 Å². The Morgan fingerprint density at radius 2 is 1.88 bits per heavy atom. The van der Waals surface area contributed by atoms with Crippen molar-refractivity contribution in [3.8, 4) is 17.2 Å². The van der Waals surface area contributed by atoms with E-state index in [1.165, 1.54) is 13.0 Å². The second kappa shape index (κ2) is 13.9. The van der Waals surface area contributed by atoms with Gasteiger partial charge in [-0.05, 0) is 69.8 Å². The number of allylic oxidation sites excluding steroid dienone is 4. The lowest BCUT2D eigenvalue weighted by Gasteiger charge is -2.23. The number of benzene rings is 1. The van der Waals surface area contributed by atoms with Gasteiger partial charge in [-0.25, -0.2) is 4.39 Å². The van der Waals surface area contributed by atoms with Gasteiger partial charge < -0.3 is 30.2 Å². The van der Waals surface area contributed by atoms with E-state index in [1.54, 1.807) is 31.5 Å². The molecule has 1 aromatic heterocycles. The van der Waals surface area contributed by atoms with Gasteiger partial charge in [-0.2, -0.15) is 0 Å². The van der Waals surface area contributed by atoms with Crippen LogP contribution in [0.3, 0.4) is 0 Å². The third-order valence-electron chi connectivity index (χ3n) is 7.18. The number of halogens is 1. The Kier molecular flexibility index (Phi) is 10.1. The van der Waals surface area contributed by atoms with Crippen molar-refractivity contribution in [2.75, 3.05) is 26.8 Å². The number of hydrogen-bond donors (Lipinski definition) is 3. The number of amides is 2. The SMILES string of the molecule is C=C/C(=C\C(F)=C(/C)Oc1ccnc2cc(OCC3CCNCC3)c(OC)cc12)NC(=O)C(=O)NC1CCCC1. The minimum atomic E-state index is -0.880. The van der Waals surface area contributed by atoms with Crippen LogP contribution in [0.15, 0.2) is 60.4 Å². The van der Waals surface area contributed by atoms with Gasteiger partial charge in [0.15, 0.2) is 17.3 Å². The Morgan fingerprint density at radius 1 is 1.12 bits per heavy atom. The van der Waals surface area contributed by atoms with E-state index in [2.05, 4.69) is 27.5 Å². The van der Waals surface area contributed by atoms with Crippen molar-refractivity contribution in [1.29, 1.82) is 0 Å². The van der Waals surface area contributed by atoms with Gasteiger partial charge in [0, 0.05) is 35.5 Å². The van der Waals surface area contributed by atoms with E-state index in [0.717, 1.165) is 57.7 Å². The number of carbonyl (C=O) groups is 2. The molecule has 3 N–H and O–H groups in total. The number of rotatable bonds is 10. The predicted molar refractivity (Wildman–Crippen MR) is 151 cm³/mol. The van der Waals surface area contributed by atoms with Gasteiger partial charge in [-0.15, -0.1) is 0 Å². The fourth-order valence-corrected chi connectivity index (χ4v) is 4.85. The summed E-state index contributed by atoms with van der Waals surface area (Å²) in [5.74, 6) is -0.485. The first-order valence-electron chi connectivity index (χ1n) is 13.7. The molecule has 10 heteroatoms. The molecule has 2 fully saturated rings. The number of fused-ring (bicyclic) bond motifs is 1. The molecule has 1 saturated carbocycles. The number of piperidine rings is 1. The molecule has 1 aliphatic heterocycles. The van der Waals surface area contributed by atoms with Gasteiger partial charge >= 0.3 is 11.8 Å². The van der Waals surface area contributed by atoms with Crippen LogP contribution in [0, 0.1) is 5.92 Å². The number of methoxy groups -OCH3 is 1. The largest absolute Gasteiger partial charge is 0.493 e. The van der Waals surface area contributed by atoms with Crippen molar-refractivity contribution >= 4 is 22.7 Å². The number of hydrogen-bond acceptors (Lipinski definition) is 7. The summed E-state index contributed by atoms with van der Waals surface area (Å²) in [5, 5.41) is 9.06. The van der Waals surface area contributed by atoms with Crippen molar-refractivity contribution < 1.29 is 28.2 Å². The zero-order chi connectivity index (χ0) is 28.5. The molecule has 1 aromatic carbocycles. The Bertz CT molecular complexity index is 1300. The van der Waals surface area contributed by atoms with Gasteiger partial charge in [-0.1, -0.05) is 19.4 Å². The van der Waals surface area contributed by atoms with Gasteiger partial charge in [0.25, 0.3) is 0 Å². The molecule has 9 nitrogen and oxygen atoms in total. The summed E-state index contributed by atoms with van der Waals surface area (Å²) in [5.41, 5.74) is 0.637. The molecular weight excluding hydrogens is 515 g/mol. The van der Waals surface area contributed by atoms with Crippen molar-refractivity contribution in [2.24, 2.45) is 5.92 Å². The zero-order valence-electron chi connectivity index (χ0n) is 23.1. The number of carbonyl (C=O) groups excluding carboxylic acids is 2. The maximum atomic E-state index is 15.1. The number of aromatic nitrogens is 1. The molecular formula is C30H37FN4O5. The van der Waals surface area contributed by atoms with E-state index < -0.39 is 17.6 Å². The van der Waals surface area contributed by atoms with Crippen LogP contribution in [0.25, 0.3) is 10.9 Å². The molecule has 2 heterocycles. The summed E-state index contributed by atoms with van der Waals surface area (Å²) >= 11 is 0. The van der Waals surface area contributed by atoms with Crippen molar-refractivity contribution in [2.45, 2.75) is 51.5 Å². The average Bonchev–Trinajstić information content (AvgIpc) is 3.48. The van der Waals surface area contributed by atoms with Crippen LogP contribution in [0.1, 0.15) is 45.4 Å². The molecule has 2 aliphatic rings. The van der Waals surface area contributed by atoms with E-state index in [0.29, 0.717) is 40.7 Å². The summed E-state index contributed by atoms with van der Waals surface area (Å²) in [7, 11) is 1.56. The molecule has 0 atom stereocenters. The topological polar surface area (TPSA) is 111 Å². The molecule has 2 amide bonds. The summed E-state index contributed by atoms with van der Waals surface area (Å²) < 4.78 is 32.6. The van der Waals surface area contributed by atoms with Crippen LogP contribution in [0.4, 0.5) is 4.39 Å². The molecule has 0 radical (unpaired) electrons. The monoisotopic (exact) mass is 552 g/mol. The van der Waals surface area contributed by atoms with Crippen LogP contribution >= 0.6 is 0 Å². The Morgan fingerprint density at radius 3 is 2.58 bits per heavy atom. The van der Waals surface area contributed by atoms with Gasteiger partial charge in [0.2, 0.25) is 0 Å². The first kappa shape index (κ1) is 29.1. The van der Waals surface area contributed by atoms with E-state index in [4.69, 9.17) is 14.2 Å². The summed E-state index contributed by atoms with van der Waals surface area (Å²) in [6.07, 6.45) is 9.73. The van der Waals surface area contributed by atoms with Gasteiger partial charge in [0.05, 0.1) is 19.2 Å². The maximum Gasteiger partial charge on any atom is 0.313 e. The quantitative estimate of drug-likeness (QED) is 0.227. The molecule has 214 valence electrons. The molecule has 0 bridgehead atoms. The van der Waals surface area contributed by atoms with Gasteiger partial charge in [0.1, 0.15) is 11.5 Å². The smallest absolute Gasteiger partial charge is 0.313 e. The molecule has 0 unspecified atom stereocenters. The molecule has 2 aromatic rings. The van der Waals surface area contributed by atoms with Crippen LogP contribution < -0.4 is 30.2 Å². The molecule has 40 heavy (non-hydrogen) atoms. The second-order valence-corrected chi connectivity index (χ2v) is 10.1. The normalized spacial score (nSPS) is 17.2. The van der Waals surface area contributed by atoms with Crippen molar-refractivity contribution in [3.63, 3.8) is 0 Å².